The number of nitrogens with one attached hydrogen (secondary N) is 1. The quantitative estimate of drug-likeness (QED) is 0.101. The molecule has 0 bridgehead atoms. The summed E-state index contributed by atoms with van der Waals surface area (Å²) in [6.45, 7) is 3.95. The highest BCUT2D eigenvalue weighted by atomic mass is 16.5. The first kappa shape index (κ1) is 39.2. The minimum absolute atomic E-state index is 0.0181. The van der Waals surface area contributed by atoms with Crippen molar-refractivity contribution in [1.82, 2.24) is 29.6 Å². The Balaban J connectivity index is 0.891. The molecule has 15 heteroatoms. The van der Waals surface area contributed by atoms with E-state index in [0.29, 0.717) is 62.1 Å². The fraction of sp³-hybridized carbons (Fsp3) is 0.405. The summed E-state index contributed by atoms with van der Waals surface area (Å²) in [5, 5.41) is 3.80. The van der Waals surface area contributed by atoms with E-state index in [0.717, 1.165) is 40.1 Å². The summed E-state index contributed by atoms with van der Waals surface area (Å²) in [6, 6.07) is 9.43. The number of rotatable bonds is 16. The van der Waals surface area contributed by atoms with Crippen molar-refractivity contribution < 1.29 is 38.2 Å². The van der Waals surface area contributed by atoms with Crippen molar-refractivity contribution >= 4 is 40.7 Å². The number of nitrogens with zero attached hydrogens (tertiary/aromatic N) is 5. The number of likely N-dealkylation sites (N-methyl/N-ethyl adjacent to an activating group) is 1. The van der Waals surface area contributed by atoms with E-state index in [-0.39, 0.29) is 53.2 Å². The van der Waals surface area contributed by atoms with Gasteiger partial charge in [0.2, 0.25) is 11.8 Å². The molecule has 1 atom stereocenters. The Kier molecular flexibility index (Phi) is 11.1. The summed E-state index contributed by atoms with van der Waals surface area (Å²) < 4.78 is 19.2. The van der Waals surface area contributed by atoms with Gasteiger partial charge >= 0.3 is 0 Å². The molecule has 0 radical (unpaired) electrons. The van der Waals surface area contributed by atoms with E-state index in [1.165, 1.54) is 13.1 Å². The number of benzene rings is 2. The number of hydrogen-bond donors (Lipinski definition) is 1. The van der Waals surface area contributed by atoms with Crippen LogP contribution in [0.1, 0.15) is 58.4 Å². The lowest BCUT2D eigenvalue weighted by Crippen LogP contribution is -2.72. The van der Waals surface area contributed by atoms with Crippen molar-refractivity contribution in [2.75, 3.05) is 54.1 Å². The van der Waals surface area contributed by atoms with Crippen LogP contribution in [0.15, 0.2) is 59.8 Å². The SMILES string of the molecule is CNC(=O)C(CCC=O)N1C(=O)c2cccc(OCCCCC(=O)N3CC4(CN(Cc5c(OC)cc(-c6cn(C)c(=O)c7cnccc67)cc5OC)C4)C3)c2C1=O. The van der Waals surface area contributed by atoms with Gasteiger partial charge in [-0.3, -0.25) is 38.8 Å². The highest BCUT2D eigenvalue weighted by molar-refractivity contribution is 6.24. The van der Waals surface area contributed by atoms with Gasteiger partial charge in [0.1, 0.15) is 29.6 Å². The van der Waals surface area contributed by atoms with Gasteiger partial charge in [-0.25, -0.2) is 0 Å². The van der Waals surface area contributed by atoms with Gasteiger partial charge in [0, 0.05) is 89.2 Å². The lowest BCUT2D eigenvalue weighted by molar-refractivity contribution is -0.160. The molecule has 1 spiro atoms. The molecule has 57 heavy (non-hydrogen) atoms. The third-order valence-corrected chi connectivity index (χ3v) is 11.2. The molecule has 2 aromatic heterocycles. The van der Waals surface area contributed by atoms with Crippen LogP contribution in [0, 0.1) is 5.41 Å². The van der Waals surface area contributed by atoms with Crippen LogP contribution < -0.4 is 25.1 Å². The van der Waals surface area contributed by atoms with Crippen LogP contribution in [0.2, 0.25) is 0 Å². The number of aryl methyl sites for hydroxylation is 1. The Hall–Kier alpha value is -6.09. The van der Waals surface area contributed by atoms with Crippen molar-refractivity contribution in [3.05, 3.63) is 82.0 Å². The largest absolute Gasteiger partial charge is 0.496 e. The standard InChI is InChI=1S/C42H46N6O9/c1-43-38(51)32(10-8-15-49)48-40(53)28-9-7-11-33(37(28)41(48)54)57-16-6-5-12-36(50)47-24-42(25-47)22-46(23-42)21-31-34(55-3)17-26(18-35(31)56-4)30-20-45(2)39(52)29-19-44-14-13-27(29)30/h7,9,11,13-15,17-20,32H,5-6,8,10,12,16,21-25H2,1-4H3,(H,43,51). The number of likely N-dealkylation sites (tertiary alicyclic amines) is 2. The maximum Gasteiger partial charge on any atom is 0.266 e. The van der Waals surface area contributed by atoms with E-state index in [9.17, 15) is 28.8 Å². The number of pyridine rings is 2. The van der Waals surface area contributed by atoms with Crippen LogP contribution in [0.3, 0.4) is 0 Å². The first-order valence-electron chi connectivity index (χ1n) is 19.0. The second-order valence-electron chi connectivity index (χ2n) is 15.0. The summed E-state index contributed by atoms with van der Waals surface area (Å²) in [6.07, 6.45) is 7.29. The Morgan fingerprint density at radius 3 is 2.37 bits per heavy atom. The Bertz CT molecular complexity index is 2280. The number of carbonyl (C=O) groups excluding carboxylic acids is 5. The first-order chi connectivity index (χ1) is 27.5. The fourth-order valence-corrected chi connectivity index (χ4v) is 8.38. The molecule has 2 fully saturated rings. The van der Waals surface area contributed by atoms with Gasteiger partial charge in [0.15, 0.2) is 0 Å². The number of aldehydes is 1. The van der Waals surface area contributed by atoms with Crippen LogP contribution in [0.25, 0.3) is 21.9 Å². The second kappa shape index (κ2) is 16.2. The second-order valence-corrected chi connectivity index (χ2v) is 15.0. The van der Waals surface area contributed by atoms with Crippen LogP contribution in [-0.2, 0) is 28.0 Å². The third kappa shape index (κ3) is 7.34. The molecule has 4 aromatic rings. The van der Waals surface area contributed by atoms with Gasteiger partial charge in [0.05, 0.1) is 42.9 Å². The topological polar surface area (TPSA) is 170 Å². The number of imide groups is 1. The number of amides is 4. The molecule has 2 saturated heterocycles. The van der Waals surface area contributed by atoms with Crippen molar-refractivity contribution in [2.45, 2.75) is 44.7 Å². The fourth-order valence-electron chi connectivity index (χ4n) is 8.38. The first-order valence-corrected chi connectivity index (χ1v) is 19.0. The number of methoxy groups -OCH3 is 2. The molecule has 3 aliphatic rings. The minimum atomic E-state index is -1.11. The monoisotopic (exact) mass is 778 g/mol. The van der Waals surface area contributed by atoms with E-state index in [1.807, 2.05) is 29.3 Å². The molecule has 4 amide bonds. The zero-order chi connectivity index (χ0) is 40.4. The molecule has 15 nitrogen and oxygen atoms in total. The molecule has 0 saturated carbocycles. The predicted molar refractivity (Wildman–Crippen MR) is 209 cm³/mol. The van der Waals surface area contributed by atoms with E-state index < -0.39 is 23.8 Å². The lowest BCUT2D eigenvalue weighted by atomic mass is 9.72. The molecular weight excluding hydrogens is 732 g/mol. The molecule has 7 rings (SSSR count). The van der Waals surface area contributed by atoms with E-state index >= 15 is 0 Å². The van der Waals surface area contributed by atoms with Gasteiger partial charge < -0.3 is 33.8 Å². The summed E-state index contributed by atoms with van der Waals surface area (Å²) in [4.78, 5) is 85.2. The zero-order valence-corrected chi connectivity index (χ0v) is 32.5. The third-order valence-electron chi connectivity index (χ3n) is 11.2. The summed E-state index contributed by atoms with van der Waals surface area (Å²) in [5.41, 5.74) is 2.86. The van der Waals surface area contributed by atoms with Gasteiger partial charge in [-0.15, -0.1) is 0 Å². The van der Waals surface area contributed by atoms with E-state index in [4.69, 9.17) is 14.2 Å². The van der Waals surface area contributed by atoms with Gasteiger partial charge in [-0.2, -0.15) is 0 Å². The number of fused-ring (bicyclic) bond motifs is 2. The summed E-state index contributed by atoms with van der Waals surface area (Å²) in [7, 11) is 6.41. The highest BCUT2D eigenvalue weighted by Crippen LogP contribution is 2.44. The lowest BCUT2D eigenvalue weighted by Gasteiger charge is -2.60. The van der Waals surface area contributed by atoms with E-state index in [2.05, 4.69) is 15.2 Å². The van der Waals surface area contributed by atoms with Crippen molar-refractivity contribution in [3.8, 4) is 28.4 Å². The van der Waals surface area contributed by atoms with E-state index in [1.54, 1.807) is 50.4 Å². The maximum absolute atomic E-state index is 13.4. The Morgan fingerprint density at radius 2 is 1.68 bits per heavy atom. The van der Waals surface area contributed by atoms with Gasteiger partial charge in [-0.1, -0.05) is 6.07 Å². The normalized spacial score (nSPS) is 16.2. The van der Waals surface area contributed by atoms with Crippen LogP contribution in [0.5, 0.6) is 17.2 Å². The molecular formula is C42H46N6O9. The van der Waals surface area contributed by atoms with Crippen LogP contribution >= 0.6 is 0 Å². The number of hydrogen-bond acceptors (Lipinski definition) is 11. The molecule has 3 aliphatic heterocycles. The molecule has 0 aliphatic carbocycles. The highest BCUT2D eigenvalue weighted by Gasteiger charge is 2.53. The Labute approximate surface area is 329 Å². The van der Waals surface area contributed by atoms with Gasteiger partial charge in [-0.05, 0) is 60.5 Å². The number of unbranched alkanes of at least 4 members (excludes halogenated alkanes) is 1. The Morgan fingerprint density at radius 1 is 0.947 bits per heavy atom. The smallest absolute Gasteiger partial charge is 0.266 e. The summed E-state index contributed by atoms with van der Waals surface area (Å²) >= 11 is 0. The predicted octanol–water partition coefficient (Wildman–Crippen LogP) is 3.20. The summed E-state index contributed by atoms with van der Waals surface area (Å²) in [5.74, 6) is -0.0584. The van der Waals surface area contributed by atoms with Crippen LogP contribution in [0.4, 0.5) is 0 Å². The van der Waals surface area contributed by atoms with Gasteiger partial charge in [0.25, 0.3) is 17.4 Å². The maximum atomic E-state index is 13.4. The minimum Gasteiger partial charge on any atom is -0.496 e. The molecule has 1 unspecified atom stereocenters. The van der Waals surface area contributed by atoms with Crippen molar-refractivity contribution in [1.29, 1.82) is 0 Å². The van der Waals surface area contributed by atoms with Crippen LogP contribution in [-0.4, -0.2) is 114 Å². The van der Waals surface area contributed by atoms with Crippen molar-refractivity contribution in [3.63, 3.8) is 0 Å². The molecule has 5 heterocycles. The number of ether oxygens (including phenoxy) is 3. The average molecular weight is 779 g/mol. The van der Waals surface area contributed by atoms with Crippen molar-refractivity contribution in [2.24, 2.45) is 12.5 Å². The number of carbonyl (C=O) groups is 5. The average Bonchev–Trinajstić information content (AvgIpc) is 3.45. The molecule has 1 N–H and O–H groups in total. The number of aromatic nitrogens is 2. The molecule has 298 valence electrons. The molecule has 2 aromatic carbocycles. The zero-order valence-electron chi connectivity index (χ0n) is 32.5.